The van der Waals surface area contributed by atoms with E-state index in [1.165, 1.54) is 0 Å². The van der Waals surface area contributed by atoms with Crippen molar-refractivity contribution < 1.29 is 9.59 Å². The molecule has 0 heterocycles. The monoisotopic (exact) mass is 376 g/mol. The van der Waals surface area contributed by atoms with Gasteiger partial charge in [0.25, 0.3) is 5.91 Å². The van der Waals surface area contributed by atoms with Crippen LogP contribution < -0.4 is 10.6 Å². The van der Waals surface area contributed by atoms with Gasteiger partial charge in [0.1, 0.15) is 0 Å². The van der Waals surface area contributed by atoms with Gasteiger partial charge in [0, 0.05) is 33.8 Å². The normalized spacial score (nSPS) is 13.4. The Morgan fingerprint density at radius 1 is 1.00 bits per heavy atom. The number of amides is 2. The molecule has 0 spiro atoms. The van der Waals surface area contributed by atoms with Crippen molar-refractivity contribution >= 4 is 40.7 Å². The highest BCUT2D eigenvalue weighted by Gasteiger charge is 2.29. The van der Waals surface area contributed by atoms with Crippen molar-refractivity contribution in [1.29, 1.82) is 0 Å². The second kappa shape index (κ2) is 7.89. The van der Waals surface area contributed by atoms with E-state index in [1.807, 2.05) is 12.1 Å². The van der Waals surface area contributed by atoms with E-state index in [-0.39, 0.29) is 17.7 Å². The molecule has 2 aromatic rings. The number of nitrogens with one attached hydrogen (secondary N) is 2. The zero-order valence-corrected chi connectivity index (χ0v) is 15.0. The minimum absolute atomic E-state index is 0.0531. The first-order valence-corrected chi connectivity index (χ1v) is 8.91. The second-order valence-corrected chi connectivity index (χ2v) is 7.00. The van der Waals surface area contributed by atoms with Crippen LogP contribution in [0.2, 0.25) is 10.0 Å². The SMILES string of the molecule is O=C(NCCc1cc(Cl)cc(Cl)c1)c1ccc(NC(=O)C2CC2)cc1. The molecule has 0 bridgehead atoms. The molecule has 1 aliphatic carbocycles. The van der Waals surface area contributed by atoms with E-state index in [4.69, 9.17) is 23.2 Å². The topological polar surface area (TPSA) is 58.2 Å². The molecule has 2 N–H and O–H groups in total. The Hall–Kier alpha value is -2.04. The van der Waals surface area contributed by atoms with E-state index in [1.54, 1.807) is 30.3 Å². The lowest BCUT2D eigenvalue weighted by molar-refractivity contribution is -0.117. The maximum Gasteiger partial charge on any atom is 0.251 e. The number of hydrogen-bond acceptors (Lipinski definition) is 2. The highest BCUT2D eigenvalue weighted by atomic mass is 35.5. The number of anilines is 1. The highest BCUT2D eigenvalue weighted by molar-refractivity contribution is 6.34. The minimum atomic E-state index is -0.159. The van der Waals surface area contributed by atoms with Gasteiger partial charge in [0.05, 0.1) is 0 Å². The number of benzene rings is 2. The van der Waals surface area contributed by atoms with Crippen LogP contribution in [0.4, 0.5) is 5.69 Å². The lowest BCUT2D eigenvalue weighted by Gasteiger charge is -2.08. The summed E-state index contributed by atoms with van der Waals surface area (Å²) in [7, 11) is 0. The second-order valence-electron chi connectivity index (χ2n) is 6.12. The fourth-order valence-corrected chi connectivity index (χ4v) is 3.04. The Morgan fingerprint density at radius 2 is 1.64 bits per heavy atom. The molecule has 0 saturated heterocycles. The molecule has 0 unspecified atom stereocenters. The summed E-state index contributed by atoms with van der Waals surface area (Å²) in [6, 6.07) is 12.2. The quantitative estimate of drug-likeness (QED) is 0.788. The van der Waals surface area contributed by atoms with Gasteiger partial charge in [-0.2, -0.15) is 0 Å². The van der Waals surface area contributed by atoms with Crippen LogP contribution in [0.1, 0.15) is 28.8 Å². The van der Waals surface area contributed by atoms with E-state index < -0.39 is 0 Å². The van der Waals surface area contributed by atoms with Crippen molar-refractivity contribution in [3.63, 3.8) is 0 Å². The third-order valence-corrected chi connectivity index (χ3v) is 4.42. The summed E-state index contributed by atoms with van der Waals surface area (Å²) >= 11 is 11.9. The van der Waals surface area contributed by atoms with E-state index in [2.05, 4.69) is 10.6 Å². The molecule has 0 aromatic heterocycles. The van der Waals surface area contributed by atoms with Crippen LogP contribution >= 0.6 is 23.2 Å². The highest BCUT2D eigenvalue weighted by Crippen LogP contribution is 2.30. The smallest absolute Gasteiger partial charge is 0.251 e. The van der Waals surface area contributed by atoms with Gasteiger partial charge in [0.15, 0.2) is 0 Å². The van der Waals surface area contributed by atoms with Crippen molar-refractivity contribution in [2.45, 2.75) is 19.3 Å². The van der Waals surface area contributed by atoms with Gasteiger partial charge in [-0.05, 0) is 67.3 Å². The van der Waals surface area contributed by atoms with Crippen LogP contribution in [0.25, 0.3) is 0 Å². The molecule has 0 aliphatic heterocycles. The summed E-state index contributed by atoms with van der Waals surface area (Å²) in [5.74, 6) is 0.0496. The first kappa shape index (κ1) is 17.8. The molecule has 25 heavy (non-hydrogen) atoms. The summed E-state index contributed by atoms with van der Waals surface area (Å²) in [5.41, 5.74) is 2.23. The van der Waals surface area contributed by atoms with Gasteiger partial charge in [-0.25, -0.2) is 0 Å². The summed E-state index contributed by atoms with van der Waals surface area (Å²) in [5, 5.41) is 6.87. The molecule has 4 nitrogen and oxygen atoms in total. The third kappa shape index (κ3) is 5.21. The number of carbonyl (C=O) groups is 2. The Bertz CT molecular complexity index is 766. The molecule has 2 aromatic carbocycles. The van der Waals surface area contributed by atoms with Gasteiger partial charge >= 0.3 is 0 Å². The molecule has 0 atom stereocenters. The van der Waals surface area contributed by atoms with Crippen LogP contribution in [0.5, 0.6) is 0 Å². The molecular formula is C19H18Cl2N2O2. The molecule has 0 radical (unpaired) electrons. The summed E-state index contributed by atoms with van der Waals surface area (Å²) in [4.78, 5) is 23.9. The molecule has 3 rings (SSSR count). The van der Waals surface area contributed by atoms with Gasteiger partial charge in [-0.1, -0.05) is 23.2 Å². The van der Waals surface area contributed by atoms with Crippen LogP contribution in [0, 0.1) is 5.92 Å². The predicted octanol–water partition coefficient (Wildman–Crippen LogP) is 4.31. The van der Waals surface area contributed by atoms with E-state index in [9.17, 15) is 9.59 Å². The van der Waals surface area contributed by atoms with Gasteiger partial charge in [0.2, 0.25) is 5.91 Å². The van der Waals surface area contributed by atoms with Crippen LogP contribution in [0.3, 0.4) is 0 Å². The Labute approximate surface area is 156 Å². The lowest BCUT2D eigenvalue weighted by Crippen LogP contribution is -2.25. The maximum absolute atomic E-state index is 12.2. The van der Waals surface area contributed by atoms with Gasteiger partial charge < -0.3 is 10.6 Å². The van der Waals surface area contributed by atoms with E-state index in [0.717, 1.165) is 18.4 Å². The zero-order chi connectivity index (χ0) is 17.8. The summed E-state index contributed by atoms with van der Waals surface area (Å²) in [6.45, 7) is 0.482. The molecule has 1 fully saturated rings. The Morgan fingerprint density at radius 3 is 2.24 bits per heavy atom. The largest absolute Gasteiger partial charge is 0.352 e. The van der Waals surface area contributed by atoms with Crippen LogP contribution in [0.15, 0.2) is 42.5 Å². The molecule has 1 saturated carbocycles. The summed E-state index contributed by atoms with van der Waals surface area (Å²) in [6.07, 6.45) is 2.57. The van der Waals surface area contributed by atoms with Gasteiger partial charge in [-0.3, -0.25) is 9.59 Å². The summed E-state index contributed by atoms with van der Waals surface area (Å²) < 4.78 is 0. The number of rotatable bonds is 6. The van der Waals surface area contributed by atoms with Gasteiger partial charge in [-0.15, -0.1) is 0 Å². The number of halogens is 2. The van der Waals surface area contributed by atoms with Crippen LogP contribution in [-0.4, -0.2) is 18.4 Å². The third-order valence-electron chi connectivity index (χ3n) is 3.98. The molecule has 6 heteroatoms. The standard InChI is InChI=1S/C19H18Cl2N2O2/c20-15-9-12(10-16(21)11-15)7-8-22-18(24)13-3-5-17(6-4-13)23-19(25)14-1-2-14/h3-6,9-11,14H,1-2,7-8H2,(H,22,24)(H,23,25). The average molecular weight is 377 g/mol. The van der Waals surface area contributed by atoms with Crippen molar-refractivity contribution in [2.75, 3.05) is 11.9 Å². The molecule has 2 amide bonds. The Balaban J connectivity index is 1.49. The van der Waals surface area contributed by atoms with E-state index in [0.29, 0.717) is 34.3 Å². The first-order chi connectivity index (χ1) is 12.0. The van der Waals surface area contributed by atoms with Crippen molar-refractivity contribution in [2.24, 2.45) is 5.92 Å². The maximum atomic E-state index is 12.2. The number of hydrogen-bond donors (Lipinski definition) is 2. The minimum Gasteiger partial charge on any atom is -0.352 e. The van der Waals surface area contributed by atoms with Crippen LogP contribution in [-0.2, 0) is 11.2 Å². The fourth-order valence-electron chi connectivity index (χ4n) is 2.47. The van der Waals surface area contributed by atoms with E-state index >= 15 is 0 Å². The van der Waals surface area contributed by atoms with Crippen molar-refractivity contribution in [1.82, 2.24) is 5.32 Å². The average Bonchev–Trinajstić information content (AvgIpc) is 3.39. The first-order valence-electron chi connectivity index (χ1n) is 8.15. The molecule has 1 aliphatic rings. The fraction of sp³-hybridized carbons (Fsp3) is 0.263. The zero-order valence-electron chi connectivity index (χ0n) is 13.5. The molecular weight excluding hydrogens is 359 g/mol. The molecule has 130 valence electrons. The lowest BCUT2D eigenvalue weighted by atomic mass is 10.1. The van der Waals surface area contributed by atoms with Crippen molar-refractivity contribution in [3.05, 3.63) is 63.6 Å². The predicted molar refractivity (Wildman–Crippen MR) is 100 cm³/mol. The van der Waals surface area contributed by atoms with Crippen molar-refractivity contribution in [3.8, 4) is 0 Å². The Kier molecular flexibility index (Phi) is 5.61. The number of carbonyl (C=O) groups excluding carboxylic acids is 2.